The number of anilines is 1. The molecular weight excluding hydrogens is 363 g/mol. The van der Waals surface area contributed by atoms with Crippen molar-refractivity contribution in [1.29, 1.82) is 0 Å². The van der Waals surface area contributed by atoms with E-state index in [-0.39, 0.29) is 17.6 Å². The molecule has 2 aromatic carbocycles. The molecule has 2 aromatic rings. The number of hydrogen-bond donors (Lipinski definition) is 1. The highest BCUT2D eigenvalue weighted by atomic mass is 32.2. The summed E-state index contributed by atoms with van der Waals surface area (Å²) in [7, 11) is 1.66. The number of carbonyl (C=O) groups is 2. The number of nitrogens with one attached hydrogen (secondary N) is 1. The van der Waals surface area contributed by atoms with E-state index in [1.54, 1.807) is 43.5 Å². The van der Waals surface area contributed by atoms with Crippen LogP contribution >= 0.6 is 11.8 Å². The van der Waals surface area contributed by atoms with Gasteiger partial charge in [0.15, 0.2) is 0 Å². The largest absolute Gasteiger partial charge is 0.352 e. The Morgan fingerprint density at radius 2 is 2.04 bits per heavy atom. The standard InChI is InChI=1S/C21H21FN2O2S/c1-3-4-11-23-20(25)15-9-10-18-17(12-15)24(2)21(26)19(27-18)13-14-7-5-6-8-16(14)22/h5-10,12-13H,3-4,11H2,1-2H3,(H,23,25). The number of thioether (sulfide) groups is 1. The van der Waals surface area contributed by atoms with Crippen molar-refractivity contribution in [3.05, 3.63) is 64.3 Å². The van der Waals surface area contributed by atoms with Gasteiger partial charge < -0.3 is 10.2 Å². The summed E-state index contributed by atoms with van der Waals surface area (Å²) in [5, 5.41) is 2.88. The van der Waals surface area contributed by atoms with Gasteiger partial charge in [0.1, 0.15) is 5.82 Å². The fraction of sp³-hybridized carbons (Fsp3) is 0.238. The first kappa shape index (κ1) is 19.2. The van der Waals surface area contributed by atoms with Gasteiger partial charge in [0.25, 0.3) is 11.8 Å². The van der Waals surface area contributed by atoms with Crippen LogP contribution in [0.25, 0.3) is 6.08 Å². The molecule has 0 radical (unpaired) electrons. The highest BCUT2D eigenvalue weighted by molar-refractivity contribution is 8.04. The van der Waals surface area contributed by atoms with Gasteiger partial charge in [0.05, 0.1) is 10.6 Å². The highest BCUT2D eigenvalue weighted by Gasteiger charge is 2.27. The molecule has 4 nitrogen and oxygen atoms in total. The van der Waals surface area contributed by atoms with Crippen LogP contribution in [-0.4, -0.2) is 25.4 Å². The number of halogens is 1. The van der Waals surface area contributed by atoms with Gasteiger partial charge in [0, 0.05) is 29.6 Å². The fourth-order valence-corrected chi connectivity index (χ4v) is 3.83. The summed E-state index contributed by atoms with van der Waals surface area (Å²) in [6, 6.07) is 11.6. The second kappa shape index (κ2) is 8.39. The van der Waals surface area contributed by atoms with Crippen molar-refractivity contribution in [2.24, 2.45) is 0 Å². The van der Waals surface area contributed by atoms with Crippen LogP contribution in [0.4, 0.5) is 10.1 Å². The minimum absolute atomic E-state index is 0.148. The van der Waals surface area contributed by atoms with E-state index < -0.39 is 0 Å². The van der Waals surface area contributed by atoms with Gasteiger partial charge in [-0.2, -0.15) is 0 Å². The summed E-state index contributed by atoms with van der Waals surface area (Å²) in [5.41, 5.74) is 1.57. The summed E-state index contributed by atoms with van der Waals surface area (Å²) >= 11 is 1.29. The van der Waals surface area contributed by atoms with E-state index in [0.29, 0.717) is 28.3 Å². The van der Waals surface area contributed by atoms with E-state index in [4.69, 9.17) is 0 Å². The first-order chi connectivity index (χ1) is 13.0. The molecule has 0 aliphatic carbocycles. The van der Waals surface area contributed by atoms with E-state index in [0.717, 1.165) is 17.7 Å². The molecule has 1 aliphatic rings. The third kappa shape index (κ3) is 4.22. The van der Waals surface area contributed by atoms with Gasteiger partial charge in [-0.15, -0.1) is 0 Å². The minimum Gasteiger partial charge on any atom is -0.352 e. The van der Waals surface area contributed by atoms with Gasteiger partial charge in [0.2, 0.25) is 0 Å². The maximum atomic E-state index is 13.9. The molecule has 6 heteroatoms. The molecule has 0 saturated heterocycles. The molecule has 140 valence electrons. The highest BCUT2D eigenvalue weighted by Crippen LogP contribution is 2.42. The van der Waals surface area contributed by atoms with Crippen molar-refractivity contribution in [2.75, 3.05) is 18.5 Å². The number of nitrogens with zero attached hydrogens (tertiary/aromatic N) is 1. The average Bonchev–Trinajstić information content (AvgIpc) is 2.67. The Morgan fingerprint density at radius 3 is 2.78 bits per heavy atom. The lowest BCUT2D eigenvalue weighted by molar-refractivity contribution is -0.114. The summed E-state index contributed by atoms with van der Waals surface area (Å²) in [6.07, 6.45) is 3.50. The normalized spacial score (nSPS) is 15.0. The topological polar surface area (TPSA) is 49.4 Å². The number of rotatable bonds is 5. The van der Waals surface area contributed by atoms with Crippen LogP contribution in [-0.2, 0) is 4.79 Å². The van der Waals surface area contributed by atoms with Crippen LogP contribution in [0.5, 0.6) is 0 Å². The van der Waals surface area contributed by atoms with Gasteiger partial charge in [-0.05, 0) is 36.8 Å². The van der Waals surface area contributed by atoms with Crippen molar-refractivity contribution in [2.45, 2.75) is 24.7 Å². The fourth-order valence-electron chi connectivity index (χ4n) is 2.75. The van der Waals surface area contributed by atoms with E-state index in [1.807, 2.05) is 6.07 Å². The Kier molecular flexibility index (Phi) is 5.96. The van der Waals surface area contributed by atoms with Gasteiger partial charge >= 0.3 is 0 Å². The Hall–Kier alpha value is -2.60. The van der Waals surface area contributed by atoms with Crippen LogP contribution in [0.3, 0.4) is 0 Å². The number of benzene rings is 2. The number of carbonyl (C=O) groups excluding carboxylic acids is 2. The number of amides is 2. The molecule has 2 amide bonds. The quantitative estimate of drug-likeness (QED) is 0.611. The molecule has 0 atom stereocenters. The molecule has 27 heavy (non-hydrogen) atoms. The van der Waals surface area contributed by atoms with Gasteiger partial charge in [-0.3, -0.25) is 9.59 Å². The first-order valence-electron chi connectivity index (χ1n) is 8.85. The van der Waals surface area contributed by atoms with Crippen molar-refractivity contribution in [3.8, 4) is 0 Å². The molecule has 1 aliphatic heterocycles. The maximum Gasteiger partial charge on any atom is 0.264 e. The molecule has 0 aromatic heterocycles. The predicted octanol–water partition coefficient (Wildman–Crippen LogP) is 4.47. The Balaban J connectivity index is 1.87. The molecular formula is C21H21FN2O2S. The lowest BCUT2D eigenvalue weighted by Gasteiger charge is -2.27. The smallest absolute Gasteiger partial charge is 0.264 e. The van der Waals surface area contributed by atoms with Crippen molar-refractivity contribution in [3.63, 3.8) is 0 Å². The zero-order valence-corrected chi connectivity index (χ0v) is 16.1. The molecule has 1 N–H and O–H groups in total. The van der Waals surface area contributed by atoms with Crippen LogP contribution in [0.15, 0.2) is 52.3 Å². The van der Waals surface area contributed by atoms with Crippen LogP contribution in [0, 0.1) is 5.82 Å². The van der Waals surface area contributed by atoms with Crippen LogP contribution in [0.1, 0.15) is 35.7 Å². The molecule has 1 heterocycles. The monoisotopic (exact) mass is 384 g/mol. The summed E-state index contributed by atoms with van der Waals surface area (Å²) in [6.45, 7) is 2.70. The second-order valence-corrected chi connectivity index (χ2v) is 7.37. The lowest BCUT2D eigenvalue weighted by Crippen LogP contribution is -2.31. The van der Waals surface area contributed by atoms with Crippen LogP contribution < -0.4 is 10.2 Å². The van der Waals surface area contributed by atoms with Gasteiger partial charge in [-0.25, -0.2) is 4.39 Å². The van der Waals surface area contributed by atoms with Crippen molar-refractivity contribution < 1.29 is 14.0 Å². The van der Waals surface area contributed by atoms with E-state index >= 15 is 0 Å². The average molecular weight is 384 g/mol. The number of fused-ring (bicyclic) bond motifs is 1. The minimum atomic E-state index is -0.369. The van der Waals surface area contributed by atoms with E-state index in [9.17, 15) is 14.0 Å². The third-order valence-electron chi connectivity index (χ3n) is 4.33. The molecule has 0 spiro atoms. The lowest BCUT2D eigenvalue weighted by atomic mass is 10.1. The zero-order chi connectivity index (χ0) is 19.4. The molecule has 3 rings (SSSR count). The van der Waals surface area contributed by atoms with E-state index in [1.165, 1.54) is 22.7 Å². The van der Waals surface area contributed by atoms with E-state index in [2.05, 4.69) is 12.2 Å². The summed E-state index contributed by atoms with van der Waals surface area (Å²) in [5.74, 6) is -0.741. The molecule has 0 fully saturated rings. The first-order valence-corrected chi connectivity index (χ1v) is 9.67. The molecule has 0 saturated carbocycles. The SMILES string of the molecule is CCCCNC(=O)c1ccc2c(c1)N(C)C(=O)C(=Cc1ccccc1F)S2. The van der Waals surface area contributed by atoms with Crippen LogP contribution in [0.2, 0.25) is 0 Å². The third-order valence-corrected chi connectivity index (χ3v) is 5.40. The number of likely N-dealkylation sites (N-methyl/N-ethyl adjacent to an activating group) is 1. The second-order valence-electron chi connectivity index (χ2n) is 6.29. The number of hydrogen-bond acceptors (Lipinski definition) is 3. The Morgan fingerprint density at radius 1 is 1.26 bits per heavy atom. The maximum absolute atomic E-state index is 13.9. The van der Waals surface area contributed by atoms with Crippen molar-refractivity contribution in [1.82, 2.24) is 5.32 Å². The number of unbranched alkanes of at least 4 members (excludes halogenated alkanes) is 1. The Labute approximate surface area is 162 Å². The molecule has 0 bridgehead atoms. The predicted molar refractivity (Wildman–Crippen MR) is 107 cm³/mol. The summed E-state index contributed by atoms with van der Waals surface area (Å²) < 4.78 is 13.9. The Bertz CT molecular complexity index is 911. The summed E-state index contributed by atoms with van der Waals surface area (Å²) in [4.78, 5) is 27.8. The molecule has 0 unspecified atom stereocenters. The van der Waals surface area contributed by atoms with Gasteiger partial charge in [-0.1, -0.05) is 43.3 Å². The zero-order valence-electron chi connectivity index (χ0n) is 15.3. The van der Waals surface area contributed by atoms with Crippen molar-refractivity contribution >= 4 is 35.3 Å².